The number of aliphatic imine (C=N–C) groups is 2. The summed E-state index contributed by atoms with van der Waals surface area (Å²) in [6.45, 7) is 1.53. The van der Waals surface area contributed by atoms with E-state index in [9.17, 15) is 9.59 Å². The Morgan fingerprint density at radius 3 is 1.39 bits per heavy atom. The zero-order valence-electron chi connectivity index (χ0n) is 19.8. The predicted octanol–water partition coefficient (Wildman–Crippen LogP) is -2.28. The average Bonchev–Trinajstić information content (AvgIpc) is 2.84. The lowest BCUT2D eigenvalue weighted by Gasteiger charge is -2.09. The number of ether oxygens (including phenoxy) is 2. The SMILES string of the molecule is NC(=NC(=O)c1nc(Cl)c(N)nc1N)NCCOCCOCCNC(N)=NC(=O)c1nc(Cl)c(N)nc1N. The van der Waals surface area contributed by atoms with Gasteiger partial charge in [-0.3, -0.25) is 9.59 Å². The Balaban J connectivity index is 1.58. The van der Waals surface area contributed by atoms with Crippen molar-refractivity contribution in [2.45, 2.75) is 0 Å². The summed E-state index contributed by atoms with van der Waals surface area (Å²) in [7, 11) is 0. The van der Waals surface area contributed by atoms with E-state index in [-0.39, 0.29) is 96.4 Å². The van der Waals surface area contributed by atoms with E-state index in [0.717, 1.165) is 0 Å². The minimum absolute atomic E-state index is 0.110. The largest absolute Gasteiger partial charge is 0.382 e. The van der Waals surface area contributed by atoms with Crippen LogP contribution < -0.4 is 45.0 Å². The van der Waals surface area contributed by atoms with Crippen molar-refractivity contribution in [2.24, 2.45) is 21.5 Å². The second-order valence-corrected chi connectivity index (χ2v) is 7.67. The molecular formula is C18H26Cl2N14O4. The van der Waals surface area contributed by atoms with Crippen LogP contribution in [0.25, 0.3) is 0 Å². The molecule has 2 heterocycles. The molecule has 38 heavy (non-hydrogen) atoms. The number of halogens is 2. The molecule has 2 aromatic heterocycles. The zero-order chi connectivity index (χ0) is 28.2. The van der Waals surface area contributed by atoms with Crippen LogP contribution >= 0.6 is 23.2 Å². The third kappa shape index (κ3) is 9.32. The lowest BCUT2D eigenvalue weighted by Crippen LogP contribution is -2.35. The molecule has 0 unspecified atom stereocenters. The molecule has 0 atom stereocenters. The van der Waals surface area contributed by atoms with Crippen LogP contribution in [0.4, 0.5) is 23.3 Å². The first kappa shape index (κ1) is 30.0. The molecule has 18 nitrogen and oxygen atoms in total. The lowest BCUT2D eigenvalue weighted by atomic mass is 10.4. The summed E-state index contributed by atoms with van der Waals surface area (Å²) >= 11 is 11.5. The van der Waals surface area contributed by atoms with Crippen molar-refractivity contribution in [1.82, 2.24) is 30.6 Å². The van der Waals surface area contributed by atoms with E-state index in [1.165, 1.54) is 0 Å². The molecule has 0 aliphatic heterocycles. The van der Waals surface area contributed by atoms with Gasteiger partial charge in [0.25, 0.3) is 0 Å². The number of aromatic nitrogens is 4. The minimum atomic E-state index is -0.840. The maximum absolute atomic E-state index is 12.1. The van der Waals surface area contributed by atoms with Gasteiger partial charge in [-0.05, 0) is 0 Å². The lowest BCUT2D eigenvalue weighted by molar-refractivity contribution is 0.0519. The monoisotopic (exact) mass is 572 g/mol. The van der Waals surface area contributed by atoms with Gasteiger partial charge in [0.05, 0.1) is 26.4 Å². The van der Waals surface area contributed by atoms with Crippen LogP contribution in [0, 0.1) is 0 Å². The van der Waals surface area contributed by atoms with Crippen LogP contribution in [-0.2, 0) is 9.47 Å². The third-order valence-electron chi connectivity index (χ3n) is 4.14. The molecule has 2 amide bonds. The summed E-state index contributed by atoms with van der Waals surface area (Å²) in [6, 6.07) is 0. The van der Waals surface area contributed by atoms with Crippen LogP contribution in [0.5, 0.6) is 0 Å². The van der Waals surface area contributed by atoms with Crippen molar-refractivity contribution >= 4 is 70.2 Å². The minimum Gasteiger partial charge on any atom is -0.382 e. The molecule has 0 aromatic carbocycles. The van der Waals surface area contributed by atoms with Gasteiger partial charge in [0, 0.05) is 13.1 Å². The summed E-state index contributed by atoms with van der Waals surface area (Å²) in [5.41, 5.74) is 32.9. The van der Waals surface area contributed by atoms with Crippen LogP contribution in [0.15, 0.2) is 9.98 Å². The van der Waals surface area contributed by atoms with Crippen molar-refractivity contribution in [3.8, 4) is 0 Å². The highest BCUT2D eigenvalue weighted by atomic mass is 35.5. The van der Waals surface area contributed by atoms with Gasteiger partial charge in [0.15, 0.2) is 56.9 Å². The zero-order valence-corrected chi connectivity index (χ0v) is 21.3. The van der Waals surface area contributed by atoms with E-state index in [4.69, 9.17) is 67.1 Å². The Labute approximate surface area is 225 Å². The second kappa shape index (κ2) is 14.5. The molecule has 0 radical (unpaired) electrons. The van der Waals surface area contributed by atoms with Crippen molar-refractivity contribution in [3.63, 3.8) is 0 Å². The molecule has 2 aromatic rings. The molecule has 0 fully saturated rings. The van der Waals surface area contributed by atoms with Gasteiger partial charge in [-0.25, -0.2) is 19.9 Å². The number of rotatable bonds is 11. The first-order chi connectivity index (χ1) is 18.0. The highest BCUT2D eigenvalue weighted by molar-refractivity contribution is 6.32. The number of anilines is 4. The summed E-state index contributed by atoms with van der Waals surface area (Å²) in [5, 5.41) is 5.02. The van der Waals surface area contributed by atoms with Crippen LogP contribution in [0.1, 0.15) is 21.0 Å². The molecule has 20 heteroatoms. The number of hydrogen-bond acceptors (Lipinski definition) is 12. The molecule has 2 rings (SSSR count). The van der Waals surface area contributed by atoms with Gasteiger partial charge in [0.2, 0.25) is 0 Å². The fourth-order valence-corrected chi connectivity index (χ4v) is 2.68. The number of amides is 2. The summed E-state index contributed by atoms with van der Waals surface area (Å²) in [5.74, 6) is -2.71. The maximum Gasteiger partial charge on any atom is 0.302 e. The van der Waals surface area contributed by atoms with Gasteiger partial charge in [-0.2, -0.15) is 9.98 Å². The van der Waals surface area contributed by atoms with E-state index in [1.54, 1.807) is 0 Å². The second-order valence-electron chi connectivity index (χ2n) is 6.95. The normalized spacial score (nSPS) is 11.8. The highest BCUT2D eigenvalue weighted by Gasteiger charge is 2.17. The Hall–Kier alpha value is -4.26. The number of nitrogen functional groups attached to an aromatic ring is 4. The topological polar surface area (TPSA) is 309 Å². The van der Waals surface area contributed by atoms with E-state index in [1.807, 2.05) is 0 Å². The summed E-state index contributed by atoms with van der Waals surface area (Å²) < 4.78 is 10.7. The Morgan fingerprint density at radius 2 is 1.03 bits per heavy atom. The van der Waals surface area contributed by atoms with Crippen LogP contribution in [0.3, 0.4) is 0 Å². The van der Waals surface area contributed by atoms with E-state index in [0.29, 0.717) is 0 Å². The number of carbonyl (C=O) groups excluding carboxylic acids is 2. The third-order valence-corrected chi connectivity index (χ3v) is 4.69. The number of guanidine groups is 2. The van der Waals surface area contributed by atoms with Gasteiger partial charge >= 0.3 is 11.8 Å². The number of nitrogens with one attached hydrogen (secondary N) is 2. The summed E-state index contributed by atoms with van der Waals surface area (Å²) in [4.78, 5) is 46.3. The van der Waals surface area contributed by atoms with Crippen LogP contribution in [0.2, 0.25) is 10.3 Å². The number of nitrogens with two attached hydrogens (primary N) is 6. The smallest absolute Gasteiger partial charge is 0.302 e. The molecule has 0 aliphatic rings. The quantitative estimate of drug-likeness (QED) is 0.0797. The molecule has 206 valence electrons. The van der Waals surface area contributed by atoms with Crippen molar-refractivity contribution in [3.05, 3.63) is 21.7 Å². The Morgan fingerprint density at radius 1 is 0.658 bits per heavy atom. The highest BCUT2D eigenvalue weighted by Crippen LogP contribution is 2.18. The van der Waals surface area contributed by atoms with Gasteiger partial charge in [0.1, 0.15) is 0 Å². The van der Waals surface area contributed by atoms with E-state index in [2.05, 4.69) is 40.6 Å². The van der Waals surface area contributed by atoms with Crippen LogP contribution in [-0.4, -0.2) is 83.2 Å². The Bertz CT molecular complexity index is 1130. The predicted molar refractivity (Wildman–Crippen MR) is 141 cm³/mol. The van der Waals surface area contributed by atoms with E-state index >= 15 is 0 Å². The molecule has 0 aliphatic carbocycles. The maximum atomic E-state index is 12.1. The number of carbonyl (C=O) groups is 2. The number of nitrogens with zero attached hydrogens (tertiary/aromatic N) is 6. The van der Waals surface area contributed by atoms with Crippen molar-refractivity contribution in [1.29, 1.82) is 0 Å². The molecule has 0 saturated heterocycles. The molecule has 0 spiro atoms. The fraction of sp³-hybridized carbons (Fsp3) is 0.333. The molecule has 14 N–H and O–H groups in total. The number of hydrogen-bond donors (Lipinski definition) is 8. The van der Waals surface area contributed by atoms with E-state index < -0.39 is 11.8 Å². The Kier molecular flexibility index (Phi) is 11.4. The van der Waals surface area contributed by atoms with Gasteiger partial charge in [-0.1, -0.05) is 23.2 Å². The van der Waals surface area contributed by atoms with Gasteiger partial charge in [-0.15, -0.1) is 0 Å². The summed E-state index contributed by atoms with van der Waals surface area (Å²) in [6.07, 6.45) is 0. The van der Waals surface area contributed by atoms with Crippen molar-refractivity contribution < 1.29 is 19.1 Å². The molecular weight excluding hydrogens is 547 g/mol. The fourth-order valence-electron chi connectivity index (χ4n) is 2.43. The molecule has 0 bridgehead atoms. The standard InChI is InChI=1S/C18H26Cl2N14O4/c19-9-13(23)31-11(21)7(29-9)15(35)33-17(25)27-1-3-37-5-6-38-4-2-28-18(26)34-16(36)8-12(22)32-14(24)10(20)30-8/h1-6H2,(H4,21,23,31)(H4,22,24,32)(H3,25,27,33,35)(H3,26,28,34,36). The van der Waals surface area contributed by atoms with Gasteiger partial charge < -0.3 is 54.5 Å². The first-order valence-electron chi connectivity index (χ1n) is 10.6. The molecule has 0 saturated carbocycles. The first-order valence-corrected chi connectivity index (χ1v) is 11.3. The van der Waals surface area contributed by atoms with Crippen molar-refractivity contribution in [2.75, 3.05) is 62.5 Å². The average molecular weight is 573 g/mol.